The third-order valence-corrected chi connectivity index (χ3v) is 2.58. The van der Waals surface area contributed by atoms with Gasteiger partial charge < -0.3 is 14.6 Å². The van der Waals surface area contributed by atoms with Gasteiger partial charge in [-0.1, -0.05) is 19.0 Å². The van der Waals surface area contributed by atoms with Crippen molar-refractivity contribution in [3.8, 4) is 0 Å². The van der Waals surface area contributed by atoms with Crippen LogP contribution in [0.2, 0.25) is 0 Å². The monoisotopic (exact) mass is 281 g/mol. The number of hydrogen-bond donors (Lipinski definition) is 1. The summed E-state index contributed by atoms with van der Waals surface area (Å²) < 4.78 is 45.0. The van der Waals surface area contributed by atoms with Gasteiger partial charge in [-0.2, -0.15) is 18.2 Å². The minimum atomic E-state index is -4.35. The Hall–Kier alpha value is -1.15. The number of rotatable bonds is 7. The number of alkyl halides is 3. The van der Waals surface area contributed by atoms with Crippen molar-refractivity contribution in [2.75, 3.05) is 13.7 Å². The fraction of sp³-hybridized carbons (Fsp3) is 0.818. The minimum Gasteiger partial charge on any atom is -0.364 e. The van der Waals surface area contributed by atoms with E-state index in [1.165, 1.54) is 0 Å². The molecule has 0 spiro atoms. The lowest BCUT2D eigenvalue weighted by molar-refractivity contribution is -0.177. The second-order valence-electron chi connectivity index (χ2n) is 4.56. The van der Waals surface area contributed by atoms with Gasteiger partial charge in [0.15, 0.2) is 5.82 Å². The third kappa shape index (κ3) is 6.02. The van der Waals surface area contributed by atoms with Crippen molar-refractivity contribution in [3.05, 3.63) is 11.7 Å². The summed E-state index contributed by atoms with van der Waals surface area (Å²) in [5, 5.41) is 6.69. The zero-order chi connectivity index (χ0) is 14.5. The molecule has 1 atom stereocenters. The fourth-order valence-electron chi connectivity index (χ4n) is 1.55. The van der Waals surface area contributed by atoms with Gasteiger partial charge in [0.25, 0.3) is 0 Å². The number of halogens is 3. The van der Waals surface area contributed by atoms with E-state index in [-0.39, 0.29) is 18.5 Å². The lowest BCUT2D eigenvalue weighted by Gasteiger charge is -2.17. The minimum absolute atomic E-state index is 0.123. The average Bonchev–Trinajstić information content (AvgIpc) is 2.71. The van der Waals surface area contributed by atoms with Crippen LogP contribution in [0, 0.1) is 5.92 Å². The molecule has 1 aromatic rings. The Bertz CT molecular complexity index is 380. The Morgan fingerprint density at radius 2 is 2.05 bits per heavy atom. The zero-order valence-corrected chi connectivity index (χ0v) is 11.1. The summed E-state index contributed by atoms with van der Waals surface area (Å²) in [6.07, 6.45) is -3.82. The molecule has 0 bridgehead atoms. The fourth-order valence-corrected chi connectivity index (χ4v) is 1.55. The second kappa shape index (κ2) is 6.85. The van der Waals surface area contributed by atoms with Crippen LogP contribution in [0.3, 0.4) is 0 Å². The van der Waals surface area contributed by atoms with Crippen LogP contribution in [-0.2, 0) is 17.8 Å². The van der Waals surface area contributed by atoms with Crippen molar-refractivity contribution in [1.82, 2.24) is 15.5 Å². The molecular weight excluding hydrogens is 263 g/mol. The molecule has 8 heteroatoms. The number of nitrogens with one attached hydrogen (secondary N) is 1. The molecule has 1 heterocycles. The molecule has 0 saturated heterocycles. The maximum Gasteiger partial charge on any atom is 0.411 e. The number of likely N-dealkylation sites (N-methyl/N-ethyl adjacent to an activating group) is 1. The van der Waals surface area contributed by atoms with Crippen LogP contribution in [0.5, 0.6) is 0 Å². The molecule has 0 aliphatic rings. The Morgan fingerprint density at radius 3 is 2.58 bits per heavy atom. The third-order valence-electron chi connectivity index (χ3n) is 2.58. The summed E-state index contributed by atoms with van der Waals surface area (Å²) in [6, 6.07) is 0.171. The molecule has 110 valence electrons. The normalized spacial score (nSPS) is 14.1. The standard InChI is InChI=1S/C11H18F3N3O2/c1-7(2)8(15-3)4-10-16-9(17-19-10)5-18-6-11(12,13)14/h7-8,15H,4-6H2,1-3H3. The molecule has 1 N–H and O–H groups in total. The van der Waals surface area contributed by atoms with Crippen LogP contribution in [0.4, 0.5) is 13.2 Å². The van der Waals surface area contributed by atoms with Crippen molar-refractivity contribution < 1.29 is 22.4 Å². The summed E-state index contributed by atoms with van der Waals surface area (Å²) >= 11 is 0. The molecule has 1 unspecified atom stereocenters. The Morgan fingerprint density at radius 1 is 1.37 bits per heavy atom. The Kier molecular flexibility index (Phi) is 5.74. The van der Waals surface area contributed by atoms with Gasteiger partial charge in [0.1, 0.15) is 13.2 Å². The average molecular weight is 281 g/mol. The molecule has 19 heavy (non-hydrogen) atoms. The first-order valence-electron chi connectivity index (χ1n) is 5.95. The highest BCUT2D eigenvalue weighted by molar-refractivity contribution is 4.89. The van der Waals surface area contributed by atoms with E-state index in [0.29, 0.717) is 18.2 Å². The first-order valence-corrected chi connectivity index (χ1v) is 5.95. The van der Waals surface area contributed by atoms with Gasteiger partial charge in [0.2, 0.25) is 5.89 Å². The Balaban J connectivity index is 2.44. The van der Waals surface area contributed by atoms with Crippen molar-refractivity contribution in [1.29, 1.82) is 0 Å². The lowest BCUT2D eigenvalue weighted by Crippen LogP contribution is -2.32. The topological polar surface area (TPSA) is 60.2 Å². The van der Waals surface area contributed by atoms with Gasteiger partial charge in [0, 0.05) is 12.5 Å². The van der Waals surface area contributed by atoms with Crippen LogP contribution in [0.1, 0.15) is 25.6 Å². The predicted molar refractivity (Wildman–Crippen MR) is 61.4 cm³/mol. The van der Waals surface area contributed by atoms with Crippen LogP contribution < -0.4 is 5.32 Å². The van der Waals surface area contributed by atoms with Gasteiger partial charge in [-0.25, -0.2) is 0 Å². The summed E-state index contributed by atoms with van der Waals surface area (Å²) in [4.78, 5) is 3.99. The van der Waals surface area contributed by atoms with E-state index in [2.05, 4.69) is 20.2 Å². The van der Waals surface area contributed by atoms with E-state index in [4.69, 9.17) is 4.52 Å². The van der Waals surface area contributed by atoms with Crippen molar-refractivity contribution in [2.45, 2.75) is 39.1 Å². The van der Waals surface area contributed by atoms with E-state index in [1.54, 1.807) is 0 Å². The second-order valence-corrected chi connectivity index (χ2v) is 4.56. The van der Waals surface area contributed by atoms with Gasteiger partial charge in [-0.3, -0.25) is 0 Å². The van der Waals surface area contributed by atoms with Gasteiger partial charge in [-0.15, -0.1) is 0 Å². The van der Waals surface area contributed by atoms with E-state index >= 15 is 0 Å². The highest BCUT2D eigenvalue weighted by atomic mass is 19.4. The van der Waals surface area contributed by atoms with Crippen molar-refractivity contribution in [3.63, 3.8) is 0 Å². The quantitative estimate of drug-likeness (QED) is 0.827. The molecule has 0 fully saturated rings. The van der Waals surface area contributed by atoms with Gasteiger partial charge in [0.05, 0.1) is 0 Å². The number of ether oxygens (including phenoxy) is 1. The lowest BCUT2D eigenvalue weighted by atomic mass is 10.0. The van der Waals surface area contributed by atoms with E-state index in [9.17, 15) is 13.2 Å². The molecule has 0 saturated carbocycles. The molecule has 1 rings (SSSR count). The summed E-state index contributed by atoms with van der Waals surface area (Å²) in [5.41, 5.74) is 0. The van der Waals surface area contributed by atoms with Crippen LogP contribution in [0.15, 0.2) is 4.52 Å². The van der Waals surface area contributed by atoms with Gasteiger partial charge >= 0.3 is 6.18 Å². The molecular formula is C11H18F3N3O2. The summed E-state index contributed by atoms with van der Waals surface area (Å²) in [5.74, 6) is 0.887. The molecule has 0 aliphatic heterocycles. The highest BCUT2D eigenvalue weighted by Gasteiger charge is 2.27. The van der Waals surface area contributed by atoms with Crippen LogP contribution in [0.25, 0.3) is 0 Å². The number of hydrogen-bond acceptors (Lipinski definition) is 5. The molecule has 5 nitrogen and oxygen atoms in total. The highest BCUT2D eigenvalue weighted by Crippen LogP contribution is 2.15. The summed E-state index contributed by atoms with van der Waals surface area (Å²) in [6.45, 7) is 2.46. The van der Waals surface area contributed by atoms with E-state index in [1.807, 2.05) is 20.9 Å². The molecule has 1 aromatic heterocycles. The maximum absolute atomic E-state index is 11.9. The Labute approximate surface area is 109 Å². The molecule has 0 aromatic carbocycles. The SMILES string of the molecule is CNC(Cc1nc(COCC(F)(F)F)no1)C(C)C. The zero-order valence-electron chi connectivity index (χ0n) is 11.1. The molecule has 0 amide bonds. The molecule has 0 aliphatic carbocycles. The molecule has 0 radical (unpaired) electrons. The largest absolute Gasteiger partial charge is 0.411 e. The van der Waals surface area contributed by atoms with Gasteiger partial charge in [-0.05, 0) is 13.0 Å². The smallest absolute Gasteiger partial charge is 0.364 e. The summed E-state index contributed by atoms with van der Waals surface area (Å²) in [7, 11) is 1.83. The van der Waals surface area contributed by atoms with Crippen LogP contribution in [-0.4, -0.2) is 36.0 Å². The van der Waals surface area contributed by atoms with E-state index in [0.717, 1.165) is 0 Å². The van der Waals surface area contributed by atoms with Crippen molar-refractivity contribution >= 4 is 0 Å². The predicted octanol–water partition coefficient (Wildman–Crippen LogP) is 1.93. The number of aromatic nitrogens is 2. The first kappa shape index (κ1) is 15.9. The van der Waals surface area contributed by atoms with Crippen LogP contribution >= 0.6 is 0 Å². The van der Waals surface area contributed by atoms with Crippen molar-refractivity contribution in [2.24, 2.45) is 5.92 Å². The maximum atomic E-state index is 11.9. The number of nitrogens with zero attached hydrogens (tertiary/aromatic N) is 2. The first-order chi connectivity index (χ1) is 8.81. The van der Waals surface area contributed by atoms with E-state index < -0.39 is 12.8 Å².